The van der Waals surface area contributed by atoms with Gasteiger partial charge in [-0.25, -0.2) is 4.79 Å². The zero-order valence-corrected chi connectivity index (χ0v) is 22.9. The molecule has 2 N–H and O–H groups in total. The standard InChI is InChI=1S/C31H35NO4S/c1-20-18-25(32-37-17-15-22-10-7-6-8-11-22)21(2)28(29(30(33)34)36-31(3,4)5)27(20)24-13-14-26-23(19-24)12-9-16-35-26/h6-8,10-11,13-15,17-19,29,32H,9,12,16H2,1-5H3,(H,33,34)/b17-15+. The highest BCUT2D eigenvalue weighted by molar-refractivity contribution is 8.03. The molecule has 1 aliphatic rings. The second-order valence-electron chi connectivity index (χ2n) is 10.3. The van der Waals surface area contributed by atoms with E-state index in [0.29, 0.717) is 5.56 Å². The van der Waals surface area contributed by atoms with E-state index in [9.17, 15) is 9.90 Å². The fourth-order valence-electron chi connectivity index (χ4n) is 4.64. The van der Waals surface area contributed by atoms with Crippen molar-refractivity contribution in [3.05, 3.63) is 87.8 Å². The summed E-state index contributed by atoms with van der Waals surface area (Å²) >= 11 is 1.45. The van der Waals surface area contributed by atoms with E-state index in [4.69, 9.17) is 9.47 Å². The summed E-state index contributed by atoms with van der Waals surface area (Å²) in [7, 11) is 0. The lowest BCUT2D eigenvalue weighted by molar-refractivity contribution is -0.160. The van der Waals surface area contributed by atoms with E-state index in [0.717, 1.165) is 64.3 Å². The number of hydrogen-bond acceptors (Lipinski definition) is 5. The van der Waals surface area contributed by atoms with Gasteiger partial charge < -0.3 is 19.3 Å². The van der Waals surface area contributed by atoms with Crippen molar-refractivity contribution >= 4 is 29.7 Å². The first-order valence-corrected chi connectivity index (χ1v) is 13.5. The van der Waals surface area contributed by atoms with Crippen LogP contribution in [0.25, 0.3) is 17.2 Å². The third-order valence-electron chi connectivity index (χ3n) is 6.28. The Bertz CT molecular complexity index is 1290. The molecule has 4 rings (SSSR count). The first-order valence-electron chi connectivity index (χ1n) is 12.6. The van der Waals surface area contributed by atoms with Gasteiger partial charge in [-0.1, -0.05) is 36.4 Å². The maximum Gasteiger partial charge on any atom is 0.337 e. The summed E-state index contributed by atoms with van der Waals surface area (Å²) in [6.07, 6.45) is 2.84. The quantitative estimate of drug-likeness (QED) is 0.295. The lowest BCUT2D eigenvalue weighted by Crippen LogP contribution is -2.28. The molecule has 3 aromatic rings. The molecule has 1 unspecified atom stereocenters. The zero-order valence-electron chi connectivity index (χ0n) is 22.1. The number of carboxylic acids is 1. The molecule has 1 atom stereocenters. The minimum atomic E-state index is -1.12. The predicted molar refractivity (Wildman–Crippen MR) is 153 cm³/mol. The SMILES string of the molecule is Cc1cc(NS/C=C/c2ccccc2)c(C)c(C(OC(C)(C)C)C(=O)O)c1-c1ccc2c(c1)CCCO2. The van der Waals surface area contributed by atoms with Crippen molar-refractivity contribution in [2.45, 2.75) is 59.2 Å². The molecule has 0 radical (unpaired) electrons. The third kappa shape index (κ3) is 6.56. The van der Waals surface area contributed by atoms with Crippen LogP contribution in [0.1, 0.15) is 61.1 Å². The Kier molecular flexibility index (Phi) is 8.30. The van der Waals surface area contributed by atoms with Crippen LogP contribution in [0.5, 0.6) is 5.75 Å². The van der Waals surface area contributed by atoms with Gasteiger partial charge in [0.25, 0.3) is 0 Å². The van der Waals surface area contributed by atoms with Crippen LogP contribution in [0.15, 0.2) is 60.0 Å². The molecular weight excluding hydrogens is 482 g/mol. The van der Waals surface area contributed by atoms with Gasteiger partial charge in [-0.15, -0.1) is 0 Å². The monoisotopic (exact) mass is 517 g/mol. The Hall–Kier alpha value is -3.22. The molecule has 0 amide bonds. The first-order chi connectivity index (χ1) is 17.6. The Morgan fingerprint density at radius 3 is 2.59 bits per heavy atom. The number of nitrogens with one attached hydrogen (secondary N) is 1. The van der Waals surface area contributed by atoms with Gasteiger partial charge in [-0.2, -0.15) is 0 Å². The molecule has 37 heavy (non-hydrogen) atoms. The molecule has 0 spiro atoms. The van der Waals surface area contributed by atoms with Gasteiger partial charge >= 0.3 is 5.97 Å². The predicted octanol–water partition coefficient (Wildman–Crippen LogP) is 7.97. The Labute approximate surface area is 224 Å². The minimum Gasteiger partial charge on any atom is -0.493 e. The van der Waals surface area contributed by atoms with E-state index >= 15 is 0 Å². The highest BCUT2D eigenvalue weighted by atomic mass is 32.2. The van der Waals surface area contributed by atoms with Gasteiger partial charge in [0.05, 0.1) is 12.2 Å². The van der Waals surface area contributed by atoms with Crippen molar-refractivity contribution < 1.29 is 19.4 Å². The van der Waals surface area contributed by atoms with Crippen LogP contribution in [0, 0.1) is 13.8 Å². The molecule has 0 bridgehead atoms. The summed E-state index contributed by atoms with van der Waals surface area (Å²) in [5, 5.41) is 12.3. The second-order valence-corrected chi connectivity index (χ2v) is 11.0. The smallest absolute Gasteiger partial charge is 0.337 e. The minimum absolute atomic E-state index is 0.638. The molecule has 0 aromatic heterocycles. The van der Waals surface area contributed by atoms with Crippen LogP contribution >= 0.6 is 11.9 Å². The van der Waals surface area contributed by atoms with Crippen molar-refractivity contribution in [3.63, 3.8) is 0 Å². The maximum absolute atomic E-state index is 12.6. The van der Waals surface area contributed by atoms with Crippen LogP contribution in [-0.4, -0.2) is 23.3 Å². The number of anilines is 1. The average Bonchev–Trinajstić information content (AvgIpc) is 2.86. The van der Waals surface area contributed by atoms with Gasteiger partial charge in [-0.3, -0.25) is 0 Å². The molecule has 3 aromatic carbocycles. The number of aryl methyl sites for hydroxylation is 2. The molecule has 0 aliphatic carbocycles. The van der Waals surface area contributed by atoms with Gasteiger partial charge in [0.2, 0.25) is 0 Å². The lowest BCUT2D eigenvalue weighted by Gasteiger charge is -2.30. The summed E-state index contributed by atoms with van der Waals surface area (Å²) in [5.74, 6) is -0.0970. The summed E-state index contributed by atoms with van der Waals surface area (Å²) in [6, 6.07) is 18.3. The number of carbonyl (C=O) groups is 1. The molecule has 1 heterocycles. The van der Waals surface area contributed by atoms with Gasteiger partial charge in [0.1, 0.15) is 5.75 Å². The molecule has 0 fully saturated rings. The van der Waals surface area contributed by atoms with E-state index in [-0.39, 0.29) is 0 Å². The number of ether oxygens (including phenoxy) is 2. The molecular formula is C31H35NO4S. The normalized spacial score (nSPS) is 14.2. The van der Waals surface area contributed by atoms with E-state index < -0.39 is 17.7 Å². The van der Waals surface area contributed by atoms with Crippen LogP contribution in [0.2, 0.25) is 0 Å². The topological polar surface area (TPSA) is 67.8 Å². The highest BCUT2D eigenvalue weighted by Crippen LogP contribution is 2.42. The summed E-state index contributed by atoms with van der Waals surface area (Å²) in [5.41, 5.74) is 6.88. The fourth-order valence-corrected chi connectivity index (χ4v) is 5.27. The fraction of sp³-hybridized carbons (Fsp3) is 0.323. The van der Waals surface area contributed by atoms with Gasteiger partial charge in [-0.05, 0) is 122 Å². The largest absolute Gasteiger partial charge is 0.493 e. The third-order valence-corrected chi connectivity index (χ3v) is 6.89. The number of fused-ring (bicyclic) bond motifs is 1. The van der Waals surface area contributed by atoms with Crippen molar-refractivity contribution in [1.82, 2.24) is 0 Å². The number of aliphatic carboxylic acids is 1. The van der Waals surface area contributed by atoms with E-state index in [1.807, 2.05) is 88.6 Å². The van der Waals surface area contributed by atoms with Crippen LogP contribution in [-0.2, 0) is 16.0 Å². The number of benzene rings is 3. The summed E-state index contributed by atoms with van der Waals surface area (Å²) < 4.78 is 15.4. The number of carboxylic acid groups (broad SMARTS) is 1. The summed E-state index contributed by atoms with van der Waals surface area (Å²) in [4.78, 5) is 12.6. The first kappa shape index (κ1) is 26.8. The Balaban J connectivity index is 1.77. The lowest BCUT2D eigenvalue weighted by atomic mass is 9.86. The maximum atomic E-state index is 12.6. The van der Waals surface area contributed by atoms with Gasteiger partial charge in [0, 0.05) is 11.3 Å². The number of hydrogen-bond donors (Lipinski definition) is 2. The van der Waals surface area contributed by atoms with Crippen molar-refractivity contribution in [3.8, 4) is 16.9 Å². The molecule has 0 saturated carbocycles. The Morgan fingerprint density at radius 1 is 1.14 bits per heavy atom. The average molecular weight is 518 g/mol. The molecule has 1 aliphatic heterocycles. The second kappa shape index (κ2) is 11.4. The molecule has 5 nitrogen and oxygen atoms in total. The van der Waals surface area contributed by atoms with Crippen molar-refractivity contribution in [2.24, 2.45) is 0 Å². The molecule has 6 heteroatoms. The molecule has 0 saturated heterocycles. The van der Waals surface area contributed by atoms with Crippen molar-refractivity contribution in [2.75, 3.05) is 11.3 Å². The van der Waals surface area contributed by atoms with E-state index in [1.165, 1.54) is 11.9 Å². The van der Waals surface area contributed by atoms with Crippen molar-refractivity contribution in [1.29, 1.82) is 0 Å². The van der Waals surface area contributed by atoms with E-state index in [1.54, 1.807) is 0 Å². The highest BCUT2D eigenvalue weighted by Gasteiger charge is 2.32. The van der Waals surface area contributed by atoms with E-state index in [2.05, 4.69) is 16.9 Å². The zero-order chi connectivity index (χ0) is 26.6. The Morgan fingerprint density at radius 2 is 1.89 bits per heavy atom. The van der Waals surface area contributed by atoms with Crippen LogP contribution in [0.3, 0.4) is 0 Å². The van der Waals surface area contributed by atoms with Crippen LogP contribution in [0.4, 0.5) is 5.69 Å². The molecule has 194 valence electrons. The summed E-state index contributed by atoms with van der Waals surface area (Å²) in [6.45, 7) is 10.4. The van der Waals surface area contributed by atoms with Crippen LogP contribution < -0.4 is 9.46 Å². The van der Waals surface area contributed by atoms with Gasteiger partial charge in [0.15, 0.2) is 6.10 Å². The number of rotatable bonds is 8.